The molecule has 0 aromatic rings. The molecule has 0 aromatic heterocycles. The molecule has 0 fully saturated rings. The quantitative estimate of drug-likeness (QED) is 0.771. The molecule has 0 aromatic carbocycles. The van der Waals surface area contributed by atoms with Gasteiger partial charge in [0.1, 0.15) is 6.61 Å². The van der Waals surface area contributed by atoms with E-state index in [4.69, 9.17) is 9.15 Å². The van der Waals surface area contributed by atoms with Gasteiger partial charge >= 0.3 is 5.97 Å². The lowest BCUT2D eigenvalue weighted by Crippen LogP contribution is -2.08. The molecule has 1 aliphatic heterocycles. The fourth-order valence-electron chi connectivity index (χ4n) is 1.95. The van der Waals surface area contributed by atoms with Crippen molar-refractivity contribution < 1.29 is 13.9 Å². The zero-order valence-electron chi connectivity index (χ0n) is 11.0. The van der Waals surface area contributed by atoms with Gasteiger partial charge in [-0.15, -0.1) is 0 Å². The van der Waals surface area contributed by atoms with Gasteiger partial charge in [-0.3, -0.25) is 4.79 Å². The zero-order valence-corrected chi connectivity index (χ0v) is 11.0. The second-order valence-electron chi connectivity index (χ2n) is 5.00. The van der Waals surface area contributed by atoms with E-state index in [9.17, 15) is 4.79 Å². The monoisotopic (exact) mass is 246 g/mol. The molecule has 0 N–H and O–H groups in total. The lowest BCUT2D eigenvalue weighted by molar-refractivity contribution is -0.145. The molecule has 2 aliphatic rings. The summed E-state index contributed by atoms with van der Waals surface area (Å²) < 4.78 is 10.5. The van der Waals surface area contributed by atoms with Crippen molar-refractivity contribution in [3.8, 4) is 11.1 Å². The predicted octanol–water partition coefficient (Wildman–Crippen LogP) is 3.78. The first kappa shape index (κ1) is 12.7. The SMILES string of the molecule is Cc1ccc2c(COC(=O)CC(C)C)cocc1-2. The summed E-state index contributed by atoms with van der Waals surface area (Å²) in [5.74, 6) is 0.157. The van der Waals surface area contributed by atoms with Crippen LogP contribution in [0, 0.1) is 12.8 Å². The first-order valence-corrected chi connectivity index (χ1v) is 6.18. The van der Waals surface area contributed by atoms with Gasteiger partial charge in [-0.05, 0) is 24.0 Å². The third-order valence-corrected chi connectivity index (χ3v) is 2.92. The third-order valence-electron chi connectivity index (χ3n) is 2.92. The first-order valence-electron chi connectivity index (χ1n) is 6.18. The van der Waals surface area contributed by atoms with Crippen molar-refractivity contribution in [1.29, 1.82) is 0 Å². The summed E-state index contributed by atoms with van der Waals surface area (Å²) in [6, 6.07) is 4.07. The van der Waals surface area contributed by atoms with Crippen molar-refractivity contribution in [3.05, 3.63) is 35.8 Å². The van der Waals surface area contributed by atoms with Crippen molar-refractivity contribution in [3.63, 3.8) is 0 Å². The Morgan fingerprint density at radius 2 is 2.06 bits per heavy atom. The van der Waals surface area contributed by atoms with E-state index in [1.807, 2.05) is 32.9 Å². The summed E-state index contributed by atoms with van der Waals surface area (Å²) in [5, 5.41) is 0. The van der Waals surface area contributed by atoms with Gasteiger partial charge in [-0.2, -0.15) is 0 Å². The maximum atomic E-state index is 11.5. The number of carbonyl (C=O) groups excluding carboxylic acids is 1. The van der Waals surface area contributed by atoms with Gasteiger partial charge in [-0.1, -0.05) is 26.0 Å². The van der Waals surface area contributed by atoms with Gasteiger partial charge in [0, 0.05) is 17.5 Å². The molecule has 0 amide bonds. The maximum Gasteiger partial charge on any atom is 0.306 e. The number of ether oxygens (including phenoxy) is 1. The number of rotatable bonds is 4. The van der Waals surface area contributed by atoms with Gasteiger partial charge in [0.05, 0.1) is 12.5 Å². The van der Waals surface area contributed by atoms with Crippen LogP contribution in [0.15, 0.2) is 29.1 Å². The van der Waals surface area contributed by atoms with Crippen LogP contribution in [0.5, 0.6) is 0 Å². The minimum absolute atomic E-state index is 0.162. The molecular formula is C15H18O3. The average molecular weight is 246 g/mol. The summed E-state index contributed by atoms with van der Waals surface area (Å²) in [6.45, 7) is 6.30. The highest BCUT2D eigenvalue weighted by Crippen LogP contribution is 2.31. The molecule has 0 unspecified atom stereocenters. The van der Waals surface area contributed by atoms with Gasteiger partial charge in [0.15, 0.2) is 0 Å². The summed E-state index contributed by atoms with van der Waals surface area (Å²) in [5.41, 5.74) is 4.25. The van der Waals surface area contributed by atoms with Crippen LogP contribution in [0.3, 0.4) is 0 Å². The van der Waals surface area contributed by atoms with Crippen LogP contribution in [-0.2, 0) is 16.1 Å². The molecule has 3 nitrogen and oxygen atoms in total. The van der Waals surface area contributed by atoms with E-state index in [0.29, 0.717) is 12.3 Å². The van der Waals surface area contributed by atoms with E-state index in [1.165, 1.54) is 5.56 Å². The van der Waals surface area contributed by atoms with E-state index in [1.54, 1.807) is 12.5 Å². The van der Waals surface area contributed by atoms with Crippen LogP contribution in [0.1, 0.15) is 31.4 Å². The molecular weight excluding hydrogens is 228 g/mol. The Morgan fingerprint density at radius 1 is 1.28 bits per heavy atom. The van der Waals surface area contributed by atoms with Crippen molar-refractivity contribution in [2.24, 2.45) is 5.92 Å². The van der Waals surface area contributed by atoms with E-state index in [2.05, 4.69) is 0 Å². The normalized spacial score (nSPS) is 11.1. The molecule has 2 rings (SSSR count). The summed E-state index contributed by atoms with van der Waals surface area (Å²) in [6.07, 6.45) is 3.82. The lowest BCUT2D eigenvalue weighted by Gasteiger charge is -2.09. The summed E-state index contributed by atoms with van der Waals surface area (Å²) in [7, 11) is 0. The molecule has 1 heterocycles. The summed E-state index contributed by atoms with van der Waals surface area (Å²) in [4.78, 5) is 11.5. The molecule has 0 atom stereocenters. The third kappa shape index (κ3) is 2.73. The smallest absolute Gasteiger partial charge is 0.306 e. The molecule has 1 aliphatic carbocycles. The Hall–Kier alpha value is -1.77. The van der Waals surface area contributed by atoms with Crippen molar-refractivity contribution in [2.75, 3.05) is 0 Å². The van der Waals surface area contributed by atoms with Crippen LogP contribution >= 0.6 is 0 Å². The Bertz CT molecular complexity index is 511. The molecule has 0 saturated carbocycles. The van der Waals surface area contributed by atoms with Gasteiger partial charge in [0.2, 0.25) is 0 Å². The van der Waals surface area contributed by atoms with E-state index in [-0.39, 0.29) is 12.6 Å². The Balaban J connectivity index is 2.05. The molecule has 0 spiro atoms. The summed E-state index contributed by atoms with van der Waals surface area (Å²) >= 11 is 0. The molecule has 0 saturated heterocycles. The fraction of sp³-hybridized carbons (Fsp3) is 0.400. The molecule has 3 heteroatoms. The molecule has 18 heavy (non-hydrogen) atoms. The van der Waals surface area contributed by atoms with Crippen LogP contribution < -0.4 is 0 Å². The van der Waals surface area contributed by atoms with Gasteiger partial charge in [0.25, 0.3) is 0 Å². The molecule has 0 bridgehead atoms. The highest BCUT2D eigenvalue weighted by molar-refractivity contribution is 5.73. The Kier molecular flexibility index (Phi) is 3.70. The Labute approximate surface area is 107 Å². The molecule has 96 valence electrons. The maximum absolute atomic E-state index is 11.5. The highest BCUT2D eigenvalue weighted by atomic mass is 16.5. The number of esters is 1. The van der Waals surface area contributed by atoms with E-state index in [0.717, 1.165) is 16.7 Å². The highest BCUT2D eigenvalue weighted by Gasteiger charge is 2.14. The molecule has 0 radical (unpaired) electrons. The number of hydrogen-bond donors (Lipinski definition) is 0. The fourth-order valence-corrected chi connectivity index (χ4v) is 1.95. The van der Waals surface area contributed by atoms with Crippen LogP contribution in [0.4, 0.5) is 0 Å². The van der Waals surface area contributed by atoms with Crippen molar-refractivity contribution >= 4 is 5.97 Å². The topological polar surface area (TPSA) is 39.4 Å². The average Bonchev–Trinajstić information content (AvgIpc) is 2.68. The van der Waals surface area contributed by atoms with Crippen LogP contribution in [0.2, 0.25) is 0 Å². The second-order valence-corrected chi connectivity index (χ2v) is 5.00. The number of aryl methyl sites for hydroxylation is 1. The van der Waals surface area contributed by atoms with Gasteiger partial charge in [-0.25, -0.2) is 0 Å². The standard InChI is InChI=1S/C15H18O3/c1-10(2)6-15(16)18-8-12-7-17-9-14-11(3)4-5-13(12)14/h4-5,7,9-10H,6,8H2,1-3H3. The van der Waals surface area contributed by atoms with Crippen molar-refractivity contribution in [1.82, 2.24) is 0 Å². The largest absolute Gasteiger partial charge is 0.472 e. The second kappa shape index (κ2) is 5.25. The van der Waals surface area contributed by atoms with Crippen LogP contribution in [0.25, 0.3) is 11.1 Å². The van der Waals surface area contributed by atoms with Crippen LogP contribution in [-0.4, -0.2) is 5.97 Å². The number of carbonyl (C=O) groups is 1. The number of hydrogen-bond acceptors (Lipinski definition) is 3. The first-order chi connectivity index (χ1) is 8.58. The lowest BCUT2D eigenvalue weighted by atomic mass is 10.1. The number of fused-ring (bicyclic) bond motifs is 1. The van der Waals surface area contributed by atoms with E-state index < -0.39 is 0 Å². The minimum Gasteiger partial charge on any atom is -0.472 e. The van der Waals surface area contributed by atoms with E-state index >= 15 is 0 Å². The van der Waals surface area contributed by atoms with Gasteiger partial charge < -0.3 is 9.15 Å². The Morgan fingerprint density at radius 3 is 2.78 bits per heavy atom. The van der Waals surface area contributed by atoms with Crippen molar-refractivity contribution in [2.45, 2.75) is 33.8 Å². The minimum atomic E-state index is -0.162. The zero-order chi connectivity index (χ0) is 13.1. The predicted molar refractivity (Wildman–Crippen MR) is 69.3 cm³/mol.